The van der Waals surface area contributed by atoms with Gasteiger partial charge in [-0.15, -0.1) is 0 Å². The molecular weight excluding hydrogens is 367 g/mol. The molecule has 1 amide bonds. The van der Waals surface area contributed by atoms with Gasteiger partial charge in [0, 0.05) is 5.02 Å². The lowest BCUT2D eigenvalue weighted by molar-refractivity contribution is -0.123. The lowest BCUT2D eigenvalue weighted by atomic mass is 10.2. The minimum absolute atomic E-state index is 0.00515. The number of amides is 1. The second kappa shape index (κ2) is 8.09. The average Bonchev–Trinajstić information content (AvgIpc) is 2.58. The van der Waals surface area contributed by atoms with E-state index in [2.05, 4.69) is 5.32 Å². The molecule has 0 saturated carbocycles. The monoisotopic (exact) mass is 382 g/mol. The first-order valence-corrected chi connectivity index (χ1v) is 7.98. The number of carbonyl (C=O) groups excluding carboxylic acids is 2. The van der Waals surface area contributed by atoms with E-state index >= 15 is 0 Å². The van der Waals surface area contributed by atoms with E-state index in [4.69, 9.17) is 38.4 Å². The summed E-state index contributed by atoms with van der Waals surface area (Å²) < 4.78 is 10.3. The first-order chi connectivity index (χ1) is 11.8. The van der Waals surface area contributed by atoms with Crippen LogP contribution in [0.2, 0.25) is 10.0 Å². The molecule has 8 heteroatoms. The fourth-order valence-corrected chi connectivity index (χ4v) is 2.51. The van der Waals surface area contributed by atoms with Gasteiger partial charge in [-0.05, 0) is 31.2 Å². The number of benzene rings is 2. The Morgan fingerprint density at radius 3 is 2.56 bits per heavy atom. The Hall–Kier alpha value is -2.44. The van der Waals surface area contributed by atoms with Gasteiger partial charge in [0.05, 0.1) is 29.1 Å². The van der Waals surface area contributed by atoms with E-state index < -0.39 is 18.0 Å². The van der Waals surface area contributed by atoms with E-state index in [-0.39, 0.29) is 21.3 Å². The number of rotatable bonds is 5. The molecule has 2 aromatic rings. The van der Waals surface area contributed by atoms with Gasteiger partial charge in [-0.1, -0.05) is 35.3 Å². The van der Waals surface area contributed by atoms with Crippen molar-refractivity contribution < 1.29 is 19.1 Å². The van der Waals surface area contributed by atoms with Gasteiger partial charge in [-0.2, -0.15) is 0 Å². The number of para-hydroxylation sites is 2. The molecule has 132 valence electrons. The highest BCUT2D eigenvalue weighted by Crippen LogP contribution is 2.28. The number of anilines is 2. The van der Waals surface area contributed by atoms with E-state index in [0.717, 1.165) is 0 Å². The fourth-order valence-electron chi connectivity index (χ4n) is 2.01. The molecule has 0 spiro atoms. The Labute approximate surface area is 154 Å². The van der Waals surface area contributed by atoms with Crippen LogP contribution in [0.1, 0.15) is 17.3 Å². The first kappa shape index (κ1) is 18.9. The van der Waals surface area contributed by atoms with Crippen molar-refractivity contribution in [3.63, 3.8) is 0 Å². The van der Waals surface area contributed by atoms with E-state index in [1.165, 1.54) is 26.2 Å². The van der Waals surface area contributed by atoms with Crippen molar-refractivity contribution in [3.05, 3.63) is 52.0 Å². The van der Waals surface area contributed by atoms with Gasteiger partial charge < -0.3 is 20.5 Å². The zero-order valence-electron chi connectivity index (χ0n) is 13.5. The summed E-state index contributed by atoms with van der Waals surface area (Å²) in [6.45, 7) is 1.44. The summed E-state index contributed by atoms with van der Waals surface area (Å²) in [6.07, 6.45) is -1.07. The van der Waals surface area contributed by atoms with Gasteiger partial charge >= 0.3 is 5.97 Å². The number of hydrogen-bond donors (Lipinski definition) is 2. The molecular formula is C17H16Cl2N2O4. The van der Waals surface area contributed by atoms with E-state index in [0.29, 0.717) is 11.4 Å². The number of nitrogens with two attached hydrogens (primary N) is 1. The molecule has 1 atom stereocenters. The summed E-state index contributed by atoms with van der Waals surface area (Å²) in [5.74, 6) is -0.839. The van der Waals surface area contributed by atoms with E-state index in [9.17, 15) is 9.59 Å². The Morgan fingerprint density at radius 2 is 1.88 bits per heavy atom. The number of halogens is 2. The fraction of sp³-hybridized carbons (Fsp3) is 0.176. The van der Waals surface area contributed by atoms with Gasteiger partial charge in [0.1, 0.15) is 5.75 Å². The number of ether oxygens (including phenoxy) is 2. The summed E-state index contributed by atoms with van der Waals surface area (Å²) in [5, 5.41) is 2.99. The molecule has 6 nitrogen and oxygen atoms in total. The van der Waals surface area contributed by atoms with Crippen LogP contribution in [0.15, 0.2) is 36.4 Å². The molecule has 0 heterocycles. The van der Waals surface area contributed by atoms with Crippen LogP contribution in [0, 0.1) is 0 Å². The van der Waals surface area contributed by atoms with Crippen LogP contribution < -0.4 is 15.8 Å². The van der Waals surface area contributed by atoms with Crippen molar-refractivity contribution in [1.29, 1.82) is 0 Å². The van der Waals surface area contributed by atoms with Crippen molar-refractivity contribution in [1.82, 2.24) is 0 Å². The molecule has 0 aliphatic carbocycles. The van der Waals surface area contributed by atoms with Crippen LogP contribution >= 0.6 is 23.2 Å². The minimum Gasteiger partial charge on any atom is -0.495 e. The molecule has 0 saturated heterocycles. The lowest BCUT2D eigenvalue weighted by Gasteiger charge is -2.16. The van der Waals surface area contributed by atoms with Crippen molar-refractivity contribution in [2.45, 2.75) is 13.0 Å². The highest BCUT2D eigenvalue weighted by Gasteiger charge is 2.22. The van der Waals surface area contributed by atoms with Crippen molar-refractivity contribution in [3.8, 4) is 5.75 Å². The summed E-state index contributed by atoms with van der Waals surface area (Å²) in [5.41, 5.74) is 6.25. The zero-order chi connectivity index (χ0) is 18.6. The summed E-state index contributed by atoms with van der Waals surface area (Å²) >= 11 is 11.8. The summed E-state index contributed by atoms with van der Waals surface area (Å²) in [6, 6.07) is 9.61. The third kappa shape index (κ3) is 4.55. The summed E-state index contributed by atoms with van der Waals surface area (Å²) in [7, 11) is 1.49. The molecule has 0 radical (unpaired) electrons. The Morgan fingerprint density at radius 1 is 1.20 bits per heavy atom. The number of esters is 1. The normalized spacial score (nSPS) is 11.5. The Kier molecular flexibility index (Phi) is 6.12. The molecule has 0 unspecified atom stereocenters. The predicted octanol–water partition coefficient (Wildman–Crippen LogP) is 3.77. The molecule has 0 aliphatic rings. The van der Waals surface area contributed by atoms with Crippen molar-refractivity contribution >= 4 is 46.5 Å². The molecule has 3 N–H and O–H groups in total. The smallest absolute Gasteiger partial charge is 0.341 e. The highest BCUT2D eigenvalue weighted by atomic mass is 35.5. The van der Waals surface area contributed by atoms with E-state index in [1.807, 2.05) is 0 Å². The Balaban J connectivity index is 2.10. The Bertz CT molecular complexity index is 811. The third-order valence-corrected chi connectivity index (χ3v) is 3.86. The minimum atomic E-state index is -1.07. The van der Waals surface area contributed by atoms with Crippen LogP contribution in [0.3, 0.4) is 0 Å². The van der Waals surface area contributed by atoms with E-state index in [1.54, 1.807) is 24.3 Å². The SMILES string of the molecule is COc1ccccc1NC(=O)[C@@H](C)OC(=O)c1cc(Cl)cc(Cl)c1N. The van der Waals surface area contributed by atoms with Crippen LogP contribution in [-0.2, 0) is 9.53 Å². The lowest BCUT2D eigenvalue weighted by Crippen LogP contribution is -2.30. The maximum absolute atomic E-state index is 12.2. The number of nitrogens with one attached hydrogen (secondary N) is 1. The summed E-state index contributed by atoms with van der Waals surface area (Å²) in [4.78, 5) is 24.5. The number of nitrogen functional groups attached to an aromatic ring is 1. The second-order valence-corrected chi connectivity index (χ2v) is 5.93. The third-order valence-electron chi connectivity index (χ3n) is 3.33. The molecule has 25 heavy (non-hydrogen) atoms. The van der Waals surface area contributed by atoms with Crippen molar-refractivity contribution in [2.75, 3.05) is 18.2 Å². The van der Waals surface area contributed by atoms with Crippen molar-refractivity contribution in [2.24, 2.45) is 0 Å². The van der Waals surface area contributed by atoms with Gasteiger partial charge in [-0.25, -0.2) is 4.79 Å². The van der Waals surface area contributed by atoms with Crippen LogP contribution in [-0.4, -0.2) is 25.1 Å². The predicted molar refractivity (Wildman–Crippen MR) is 97.4 cm³/mol. The largest absolute Gasteiger partial charge is 0.495 e. The molecule has 2 rings (SSSR count). The number of carbonyl (C=O) groups is 2. The zero-order valence-corrected chi connectivity index (χ0v) is 15.0. The van der Waals surface area contributed by atoms with Crippen LogP contribution in [0.25, 0.3) is 0 Å². The first-order valence-electron chi connectivity index (χ1n) is 7.23. The molecule has 0 fully saturated rings. The molecule has 0 aromatic heterocycles. The van der Waals surface area contributed by atoms with Crippen LogP contribution in [0.4, 0.5) is 11.4 Å². The van der Waals surface area contributed by atoms with Gasteiger partial charge in [-0.3, -0.25) is 4.79 Å². The number of methoxy groups -OCH3 is 1. The van der Waals surface area contributed by atoms with Gasteiger partial charge in [0.25, 0.3) is 5.91 Å². The quantitative estimate of drug-likeness (QED) is 0.606. The maximum Gasteiger partial charge on any atom is 0.341 e. The molecule has 2 aromatic carbocycles. The number of hydrogen-bond acceptors (Lipinski definition) is 5. The average molecular weight is 383 g/mol. The van der Waals surface area contributed by atoms with Crippen LogP contribution in [0.5, 0.6) is 5.75 Å². The highest BCUT2D eigenvalue weighted by molar-refractivity contribution is 6.37. The van der Waals surface area contributed by atoms with Gasteiger partial charge in [0.2, 0.25) is 0 Å². The topological polar surface area (TPSA) is 90.6 Å². The van der Waals surface area contributed by atoms with Gasteiger partial charge in [0.15, 0.2) is 6.10 Å². The molecule has 0 aliphatic heterocycles. The maximum atomic E-state index is 12.2. The standard InChI is InChI=1S/C17H16Cl2N2O4/c1-9(16(22)21-13-5-3-4-6-14(13)24-2)25-17(23)11-7-10(18)8-12(19)15(11)20/h3-9H,20H2,1-2H3,(H,21,22)/t9-/m1/s1. The second-order valence-electron chi connectivity index (χ2n) is 5.09. The molecule has 0 bridgehead atoms.